The van der Waals surface area contributed by atoms with E-state index in [0.717, 1.165) is 15.6 Å². The topological polar surface area (TPSA) is 38.1 Å². The van der Waals surface area contributed by atoms with Gasteiger partial charge in [-0.1, -0.05) is 31.7 Å². The fourth-order valence-corrected chi connectivity index (χ4v) is 3.79. The van der Waals surface area contributed by atoms with Gasteiger partial charge in [0.05, 0.1) is 5.69 Å². The first-order chi connectivity index (χ1) is 9.96. The Morgan fingerprint density at radius 3 is 2.33 bits per heavy atom. The van der Waals surface area contributed by atoms with Crippen LogP contribution >= 0.6 is 11.8 Å². The summed E-state index contributed by atoms with van der Waals surface area (Å²) >= 11 is 1.53. The number of benzene rings is 1. The molecule has 21 heavy (non-hydrogen) atoms. The van der Waals surface area contributed by atoms with E-state index in [1.165, 1.54) is 27.5 Å². The number of aryl methyl sites for hydroxylation is 2. The molecule has 0 unspecified atom stereocenters. The summed E-state index contributed by atoms with van der Waals surface area (Å²) in [4.78, 5) is 5.50. The van der Waals surface area contributed by atoms with E-state index in [9.17, 15) is 9.50 Å². The Hall–Kier alpha value is -1.33. The Morgan fingerprint density at radius 1 is 1.24 bits per heavy atom. The standard InChI is InChI=1S/C16H21FN2OS/c1-10(2)15-16(18-14(8-20)19(15)9-17)21-13-6-11(3)5-12(4)7-13/h5-7,10,20H,8-9H2,1-4H3. The highest BCUT2D eigenvalue weighted by Gasteiger charge is 2.20. The zero-order valence-electron chi connectivity index (χ0n) is 12.9. The Kier molecular flexibility index (Phi) is 5.06. The van der Waals surface area contributed by atoms with Crippen LogP contribution < -0.4 is 0 Å². The molecule has 0 saturated heterocycles. The van der Waals surface area contributed by atoms with Gasteiger partial charge in [-0.15, -0.1) is 0 Å². The van der Waals surface area contributed by atoms with Crippen molar-refractivity contribution in [2.75, 3.05) is 0 Å². The Morgan fingerprint density at radius 2 is 1.86 bits per heavy atom. The smallest absolute Gasteiger partial charge is 0.166 e. The summed E-state index contributed by atoms with van der Waals surface area (Å²) in [7, 11) is 0. The minimum absolute atomic E-state index is 0.141. The second kappa shape index (κ2) is 6.62. The molecule has 0 radical (unpaired) electrons. The predicted octanol–water partition coefficient (Wildman–Crippen LogP) is 4.19. The highest BCUT2D eigenvalue weighted by Crippen LogP contribution is 2.35. The zero-order chi connectivity index (χ0) is 15.6. The summed E-state index contributed by atoms with van der Waals surface area (Å²) in [5.74, 6) is 0.523. The molecule has 114 valence electrons. The fraction of sp³-hybridized carbons (Fsp3) is 0.438. The van der Waals surface area contributed by atoms with Gasteiger partial charge in [-0.3, -0.25) is 0 Å². The van der Waals surface area contributed by atoms with Crippen LogP contribution in [0.15, 0.2) is 28.1 Å². The van der Waals surface area contributed by atoms with Gasteiger partial charge in [0.1, 0.15) is 17.5 Å². The first-order valence-corrected chi connectivity index (χ1v) is 7.80. The number of aliphatic hydroxyl groups is 1. The number of alkyl halides is 1. The van der Waals surface area contributed by atoms with E-state index in [4.69, 9.17) is 0 Å². The molecule has 0 aliphatic heterocycles. The van der Waals surface area contributed by atoms with Crippen LogP contribution in [0.2, 0.25) is 0 Å². The lowest BCUT2D eigenvalue weighted by atomic mass is 10.1. The highest BCUT2D eigenvalue weighted by atomic mass is 32.2. The molecule has 1 N–H and O–H groups in total. The van der Waals surface area contributed by atoms with Gasteiger partial charge < -0.3 is 9.67 Å². The van der Waals surface area contributed by atoms with Crippen molar-refractivity contribution in [3.8, 4) is 0 Å². The number of aromatic nitrogens is 2. The predicted molar refractivity (Wildman–Crippen MR) is 83.4 cm³/mol. The quantitative estimate of drug-likeness (QED) is 0.900. The minimum Gasteiger partial charge on any atom is -0.388 e. The van der Waals surface area contributed by atoms with Crippen molar-refractivity contribution in [2.24, 2.45) is 0 Å². The third-order valence-electron chi connectivity index (χ3n) is 3.27. The maximum absolute atomic E-state index is 13.3. The van der Waals surface area contributed by atoms with Crippen molar-refractivity contribution in [1.82, 2.24) is 9.55 Å². The molecule has 0 aliphatic rings. The van der Waals surface area contributed by atoms with E-state index in [2.05, 4.69) is 37.0 Å². The van der Waals surface area contributed by atoms with E-state index in [-0.39, 0.29) is 12.5 Å². The molecule has 2 aromatic rings. The molecule has 1 aromatic carbocycles. The molecule has 3 nitrogen and oxygen atoms in total. The Balaban J connectivity index is 2.45. The average Bonchev–Trinajstić information content (AvgIpc) is 2.75. The van der Waals surface area contributed by atoms with Gasteiger partial charge in [0, 0.05) is 4.90 Å². The number of aliphatic hydroxyl groups excluding tert-OH is 1. The molecule has 0 spiro atoms. The SMILES string of the molecule is Cc1cc(C)cc(Sc2nc(CO)n(CF)c2C(C)C)c1. The first kappa shape index (κ1) is 16.0. The van der Waals surface area contributed by atoms with Gasteiger partial charge in [-0.25, -0.2) is 9.37 Å². The summed E-state index contributed by atoms with van der Waals surface area (Å²) < 4.78 is 14.7. The number of hydrogen-bond donors (Lipinski definition) is 1. The van der Waals surface area contributed by atoms with Crippen LogP contribution in [-0.2, 0) is 13.4 Å². The summed E-state index contributed by atoms with van der Waals surface area (Å²) in [5.41, 5.74) is 3.22. The van der Waals surface area contributed by atoms with E-state index in [1.54, 1.807) is 0 Å². The normalized spacial score (nSPS) is 11.4. The molecule has 0 bridgehead atoms. The molecule has 0 atom stereocenters. The van der Waals surface area contributed by atoms with Gasteiger partial charge in [-0.2, -0.15) is 0 Å². The summed E-state index contributed by atoms with van der Waals surface area (Å²) in [6.45, 7) is 7.21. The molecule has 0 aliphatic carbocycles. The number of nitrogens with zero attached hydrogens (tertiary/aromatic N) is 2. The third kappa shape index (κ3) is 3.47. The van der Waals surface area contributed by atoms with Crippen LogP contribution in [0.5, 0.6) is 0 Å². The van der Waals surface area contributed by atoms with E-state index < -0.39 is 6.80 Å². The van der Waals surface area contributed by atoms with Gasteiger partial charge in [-0.05, 0) is 43.0 Å². The lowest BCUT2D eigenvalue weighted by Gasteiger charge is -2.11. The number of imidazole rings is 1. The van der Waals surface area contributed by atoms with Gasteiger partial charge >= 0.3 is 0 Å². The van der Waals surface area contributed by atoms with Crippen molar-refractivity contribution >= 4 is 11.8 Å². The van der Waals surface area contributed by atoms with Crippen LogP contribution in [-0.4, -0.2) is 14.7 Å². The average molecular weight is 308 g/mol. The van der Waals surface area contributed by atoms with Gasteiger partial charge in [0.15, 0.2) is 6.80 Å². The molecule has 0 fully saturated rings. The van der Waals surface area contributed by atoms with Crippen molar-refractivity contribution in [3.05, 3.63) is 40.8 Å². The number of rotatable bonds is 5. The zero-order valence-corrected chi connectivity index (χ0v) is 13.7. The maximum Gasteiger partial charge on any atom is 0.166 e. The van der Waals surface area contributed by atoms with Crippen molar-refractivity contribution in [2.45, 2.75) is 56.9 Å². The first-order valence-electron chi connectivity index (χ1n) is 6.98. The minimum atomic E-state index is -0.663. The van der Waals surface area contributed by atoms with Crippen LogP contribution in [0.3, 0.4) is 0 Å². The lowest BCUT2D eigenvalue weighted by Crippen LogP contribution is -2.06. The number of hydrogen-bond acceptors (Lipinski definition) is 3. The van der Waals surface area contributed by atoms with Crippen molar-refractivity contribution < 1.29 is 9.50 Å². The molecular formula is C16H21FN2OS. The largest absolute Gasteiger partial charge is 0.388 e. The molecule has 5 heteroatoms. The molecule has 0 amide bonds. The van der Waals surface area contributed by atoms with E-state index in [0.29, 0.717) is 5.82 Å². The van der Waals surface area contributed by atoms with Crippen LogP contribution in [0.4, 0.5) is 4.39 Å². The lowest BCUT2D eigenvalue weighted by molar-refractivity contribution is 0.251. The Bertz CT molecular complexity index is 617. The van der Waals surface area contributed by atoms with Gasteiger partial charge in [0.2, 0.25) is 0 Å². The molecule has 1 heterocycles. The summed E-state index contributed by atoms with van der Waals surface area (Å²) in [6, 6.07) is 6.30. The molecule has 0 saturated carbocycles. The summed E-state index contributed by atoms with van der Waals surface area (Å²) in [6.07, 6.45) is 0. The van der Waals surface area contributed by atoms with Crippen LogP contribution in [0.25, 0.3) is 0 Å². The van der Waals surface area contributed by atoms with Crippen molar-refractivity contribution in [1.29, 1.82) is 0 Å². The Labute approximate surface area is 129 Å². The number of halogens is 1. The van der Waals surface area contributed by atoms with E-state index >= 15 is 0 Å². The fourth-order valence-electron chi connectivity index (χ4n) is 2.48. The molecule has 2 rings (SSSR count). The van der Waals surface area contributed by atoms with Crippen molar-refractivity contribution in [3.63, 3.8) is 0 Å². The summed E-state index contributed by atoms with van der Waals surface area (Å²) in [5, 5.41) is 10.1. The van der Waals surface area contributed by atoms with Gasteiger partial charge in [0.25, 0.3) is 0 Å². The monoisotopic (exact) mass is 308 g/mol. The highest BCUT2D eigenvalue weighted by molar-refractivity contribution is 7.99. The second-order valence-corrected chi connectivity index (χ2v) is 6.57. The third-order valence-corrected chi connectivity index (χ3v) is 4.23. The van der Waals surface area contributed by atoms with E-state index in [1.807, 2.05) is 13.8 Å². The second-order valence-electron chi connectivity index (χ2n) is 5.50. The van der Waals surface area contributed by atoms with Crippen LogP contribution in [0, 0.1) is 13.8 Å². The molecular weight excluding hydrogens is 287 g/mol. The molecule has 1 aromatic heterocycles. The maximum atomic E-state index is 13.3. The van der Waals surface area contributed by atoms with Crippen LogP contribution in [0.1, 0.15) is 42.4 Å².